The Morgan fingerprint density at radius 3 is 2.86 bits per heavy atom. The highest BCUT2D eigenvalue weighted by atomic mass is 32.1. The number of aliphatic hydroxyl groups excluding tert-OH is 1. The standard InChI is InChI=1S/C15H19N3O2S/c1-9-3-4-21-14(9)15(20)17-13(10-5-12(19)6-10)11-7-16-18(2)8-11/h3-4,7-8,10,12-13,19H,5-6H2,1-2H3,(H,17,20). The Bertz CT molecular complexity index is 643. The average molecular weight is 305 g/mol. The van der Waals surface area contributed by atoms with Crippen LogP contribution in [0.3, 0.4) is 0 Å². The topological polar surface area (TPSA) is 67.2 Å². The number of aromatic nitrogens is 2. The summed E-state index contributed by atoms with van der Waals surface area (Å²) < 4.78 is 1.74. The maximum atomic E-state index is 12.5. The van der Waals surface area contributed by atoms with Crippen molar-refractivity contribution in [1.82, 2.24) is 15.1 Å². The molecular formula is C15H19N3O2S. The Hall–Kier alpha value is -1.66. The summed E-state index contributed by atoms with van der Waals surface area (Å²) in [7, 11) is 1.86. The molecule has 0 saturated heterocycles. The number of nitrogens with zero attached hydrogens (tertiary/aromatic N) is 2. The van der Waals surface area contributed by atoms with E-state index in [1.165, 1.54) is 11.3 Å². The molecule has 2 N–H and O–H groups in total. The molecular weight excluding hydrogens is 286 g/mol. The summed E-state index contributed by atoms with van der Waals surface area (Å²) in [6.07, 6.45) is 4.93. The molecule has 1 fully saturated rings. The third-order valence-corrected chi connectivity index (χ3v) is 5.08. The van der Waals surface area contributed by atoms with Gasteiger partial charge in [0.2, 0.25) is 0 Å². The molecule has 0 aliphatic heterocycles. The van der Waals surface area contributed by atoms with Crippen molar-refractivity contribution in [3.05, 3.63) is 39.8 Å². The SMILES string of the molecule is Cc1ccsc1C(=O)NC(c1cnn(C)c1)C1CC(O)C1. The molecule has 2 aromatic heterocycles. The van der Waals surface area contributed by atoms with Crippen molar-refractivity contribution in [2.45, 2.75) is 31.9 Å². The Balaban J connectivity index is 1.79. The van der Waals surface area contributed by atoms with E-state index in [2.05, 4.69) is 10.4 Å². The van der Waals surface area contributed by atoms with Crippen molar-refractivity contribution in [2.24, 2.45) is 13.0 Å². The quantitative estimate of drug-likeness (QED) is 0.908. The van der Waals surface area contributed by atoms with E-state index in [9.17, 15) is 9.90 Å². The zero-order valence-electron chi connectivity index (χ0n) is 12.1. The van der Waals surface area contributed by atoms with E-state index in [0.717, 1.165) is 28.8 Å². The van der Waals surface area contributed by atoms with Gasteiger partial charge in [-0.3, -0.25) is 9.48 Å². The molecule has 0 aromatic carbocycles. The number of carbonyl (C=O) groups is 1. The van der Waals surface area contributed by atoms with E-state index in [1.54, 1.807) is 10.9 Å². The molecule has 112 valence electrons. The first-order chi connectivity index (χ1) is 10.0. The van der Waals surface area contributed by atoms with Crippen LogP contribution in [0.4, 0.5) is 0 Å². The van der Waals surface area contributed by atoms with E-state index in [0.29, 0.717) is 0 Å². The minimum absolute atomic E-state index is 0.0438. The highest BCUT2D eigenvalue weighted by molar-refractivity contribution is 7.12. The molecule has 1 saturated carbocycles. The maximum Gasteiger partial charge on any atom is 0.262 e. The van der Waals surface area contributed by atoms with Crippen molar-refractivity contribution in [3.8, 4) is 0 Å². The first-order valence-electron chi connectivity index (χ1n) is 7.06. The molecule has 21 heavy (non-hydrogen) atoms. The molecule has 1 aliphatic carbocycles. The highest BCUT2D eigenvalue weighted by Gasteiger charge is 2.36. The van der Waals surface area contributed by atoms with Crippen LogP contribution in [0, 0.1) is 12.8 Å². The number of hydrogen-bond donors (Lipinski definition) is 2. The van der Waals surface area contributed by atoms with E-state index >= 15 is 0 Å². The molecule has 0 radical (unpaired) electrons. The minimum atomic E-state index is -0.241. The Morgan fingerprint density at radius 1 is 1.57 bits per heavy atom. The third-order valence-electron chi connectivity index (χ3n) is 4.06. The maximum absolute atomic E-state index is 12.5. The second-order valence-corrected chi connectivity index (χ2v) is 6.63. The average Bonchev–Trinajstić information content (AvgIpc) is 3.01. The Kier molecular flexibility index (Phi) is 3.82. The van der Waals surface area contributed by atoms with Gasteiger partial charge in [0.1, 0.15) is 0 Å². The van der Waals surface area contributed by atoms with Gasteiger partial charge in [0.15, 0.2) is 0 Å². The molecule has 2 aromatic rings. The summed E-state index contributed by atoms with van der Waals surface area (Å²) in [5.41, 5.74) is 1.99. The van der Waals surface area contributed by atoms with Crippen LogP contribution in [-0.4, -0.2) is 26.9 Å². The fourth-order valence-electron chi connectivity index (χ4n) is 2.79. The number of aryl methyl sites for hydroxylation is 2. The molecule has 1 aliphatic rings. The van der Waals surface area contributed by atoms with Gasteiger partial charge in [0.05, 0.1) is 23.2 Å². The van der Waals surface area contributed by atoms with E-state index in [-0.39, 0.29) is 24.0 Å². The first-order valence-corrected chi connectivity index (χ1v) is 7.94. The van der Waals surface area contributed by atoms with Crippen molar-refractivity contribution >= 4 is 17.2 Å². The van der Waals surface area contributed by atoms with Gasteiger partial charge in [-0.25, -0.2) is 0 Å². The summed E-state index contributed by atoms with van der Waals surface area (Å²) in [5, 5.41) is 18.8. The lowest BCUT2D eigenvalue weighted by Gasteiger charge is -2.37. The molecule has 6 heteroatoms. The number of thiophene rings is 1. The van der Waals surface area contributed by atoms with E-state index in [4.69, 9.17) is 0 Å². The Labute approximate surface area is 127 Å². The molecule has 1 amide bonds. The first kappa shape index (κ1) is 14.3. The van der Waals surface area contributed by atoms with Crippen molar-refractivity contribution in [2.75, 3.05) is 0 Å². The van der Waals surface area contributed by atoms with Gasteiger partial charge >= 0.3 is 0 Å². The fourth-order valence-corrected chi connectivity index (χ4v) is 3.62. The number of amides is 1. The van der Waals surface area contributed by atoms with Crippen LogP contribution in [0.2, 0.25) is 0 Å². The predicted octanol–water partition coefficient (Wildman–Crippen LogP) is 2.03. The second kappa shape index (κ2) is 5.61. The van der Waals surface area contributed by atoms with Crippen molar-refractivity contribution in [1.29, 1.82) is 0 Å². The van der Waals surface area contributed by atoms with Crippen molar-refractivity contribution < 1.29 is 9.90 Å². The van der Waals surface area contributed by atoms with Gasteiger partial charge in [0, 0.05) is 18.8 Å². The normalized spacial score (nSPS) is 22.6. The second-order valence-electron chi connectivity index (χ2n) is 5.72. The number of aliphatic hydroxyl groups is 1. The lowest BCUT2D eigenvalue weighted by molar-refractivity contribution is 0.0235. The molecule has 0 bridgehead atoms. The van der Waals surface area contributed by atoms with Crippen LogP contribution < -0.4 is 5.32 Å². The Morgan fingerprint density at radius 2 is 2.33 bits per heavy atom. The zero-order chi connectivity index (χ0) is 15.0. The largest absolute Gasteiger partial charge is 0.393 e. The monoisotopic (exact) mass is 305 g/mol. The molecule has 1 atom stereocenters. The summed E-state index contributed by atoms with van der Waals surface area (Å²) in [6, 6.07) is 1.86. The lowest BCUT2D eigenvalue weighted by Crippen LogP contribution is -2.41. The van der Waals surface area contributed by atoms with Crippen LogP contribution in [0.1, 0.15) is 39.7 Å². The number of nitrogens with one attached hydrogen (secondary N) is 1. The summed E-state index contributed by atoms with van der Waals surface area (Å²) in [4.78, 5) is 13.2. The number of rotatable bonds is 4. The summed E-state index contributed by atoms with van der Waals surface area (Å²) >= 11 is 1.46. The van der Waals surface area contributed by atoms with Gasteiger partial charge in [-0.1, -0.05) is 0 Å². The third kappa shape index (κ3) is 2.87. The number of carbonyl (C=O) groups excluding carboxylic acids is 1. The minimum Gasteiger partial charge on any atom is -0.393 e. The van der Waals surface area contributed by atoms with Gasteiger partial charge in [0.25, 0.3) is 5.91 Å². The summed E-state index contributed by atoms with van der Waals surface area (Å²) in [6.45, 7) is 1.94. The van der Waals surface area contributed by atoms with Gasteiger partial charge < -0.3 is 10.4 Å². The van der Waals surface area contributed by atoms with E-state index in [1.807, 2.05) is 31.6 Å². The number of hydrogen-bond acceptors (Lipinski definition) is 4. The smallest absolute Gasteiger partial charge is 0.262 e. The zero-order valence-corrected chi connectivity index (χ0v) is 12.9. The van der Waals surface area contributed by atoms with Crippen LogP contribution in [0.25, 0.3) is 0 Å². The highest BCUT2D eigenvalue weighted by Crippen LogP contribution is 2.38. The van der Waals surface area contributed by atoms with Crippen LogP contribution in [-0.2, 0) is 7.05 Å². The van der Waals surface area contributed by atoms with E-state index < -0.39 is 0 Å². The van der Waals surface area contributed by atoms with Gasteiger partial charge in [-0.15, -0.1) is 11.3 Å². The fraction of sp³-hybridized carbons (Fsp3) is 0.467. The molecule has 0 spiro atoms. The van der Waals surface area contributed by atoms with Crippen LogP contribution in [0.5, 0.6) is 0 Å². The predicted molar refractivity (Wildman–Crippen MR) is 81.2 cm³/mol. The van der Waals surface area contributed by atoms with Crippen LogP contribution >= 0.6 is 11.3 Å². The molecule has 2 heterocycles. The van der Waals surface area contributed by atoms with Gasteiger partial charge in [-0.05, 0) is 42.7 Å². The van der Waals surface area contributed by atoms with Crippen LogP contribution in [0.15, 0.2) is 23.8 Å². The molecule has 1 unspecified atom stereocenters. The molecule has 5 nitrogen and oxygen atoms in total. The lowest BCUT2D eigenvalue weighted by atomic mass is 9.75. The summed E-state index contributed by atoms with van der Waals surface area (Å²) in [5.74, 6) is 0.228. The van der Waals surface area contributed by atoms with Crippen molar-refractivity contribution in [3.63, 3.8) is 0 Å². The molecule has 3 rings (SSSR count). The van der Waals surface area contributed by atoms with Gasteiger partial charge in [-0.2, -0.15) is 5.10 Å².